The number of rotatable bonds is 2. The molecule has 1 aromatic carbocycles. The van der Waals surface area contributed by atoms with Gasteiger partial charge in [0, 0.05) is 24.0 Å². The highest BCUT2D eigenvalue weighted by Crippen LogP contribution is 2.32. The van der Waals surface area contributed by atoms with Crippen molar-refractivity contribution in [3.63, 3.8) is 0 Å². The number of benzene rings is 1. The largest absolute Gasteiger partial charge is 0.465 e. The van der Waals surface area contributed by atoms with Crippen molar-refractivity contribution in [2.24, 2.45) is 5.92 Å². The Morgan fingerprint density at radius 3 is 2.95 bits per heavy atom. The van der Waals surface area contributed by atoms with E-state index >= 15 is 0 Å². The predicted octanol–water partition coefficient (Wildman–Crippen LogP) is 3.07. The van der Waals surface area contributed by atoms with Crippen LogP contribution in [0, 0.1) is 12.8 Å². The lowest BCUT2D eigenvalue weighted by molar-refractivity contribution is 0.0500. The maximum absolute atomic E-state index is 11.0. The SMILES string of the molecule is Cc1ccc(Cl)cc1[C@H](O)[C@@H]1CCCN(C(=O)O)C1. The molecule has 5 heteroatoms. The molecule has 1 saturated heterocycles. The van der Waals surface area contributed by atoms with E-state index in [1.54, 1.807) is 12.1 Å². The van der Waals surface area contributed by atoms with Crippen LogP contribution >= 0.6 is 11.6 Å². The number of amides is 1. The molecule has 1 amide bonds. The van der Waals surface area contributed by atoms with E-state index in [2.05, 4.69) is 0 Å². The third kappa shape index (κ3) is 3.19. The molecule has 0 spiro atoms. The number of halogens is 1. The highest BCUT2D eigenvalue weighted by molar-refractivity contribution is 6.30. The number of aryl methyl sites for hydroxylation is 1. The summed E-state index contributed by atoms with van der Waals surface area (Å²) in [4.78, 5) is 12.4. The number of aliphatic hydroxyl groups is 1. The number of likely N-dealkylation sites (tertiary alicyclic amines) is 1. The molecule has 19 heavy (non-hydrogen) atoms. The van der Waals surface area contributed by atoms with Crippen LogP contribution in [0.5, 0.6) is 0 Å². The Morgan fingerprint density at radius 2 is 2.26 bits per heavy atom. The lowest BCUT2D eigenvalue weighted by Gasteiger charge is -2.34. The van der Waals surface area contributed by atoms with Crippen LogP contribution < -0.4 is 0 Å². The molecule has 0 aromatic heterocycles. The lowest BCUT2D eigenvalue weighted by Crippen LogP contribution is -2.41. The molecule has 1 aromatic rings. The summed E-state index contributed by atoms with van der Waals surface area (Å²) in [6, 6.07) is 5.43. The number of hydrogen-bond donors (Lipinski definition) is 2. The third-order valence-corrected chi connectivity index (χ3v) is 3.97. The lowest BCUT2D eigenvalue weighted by atomic mass is 9.87. The van der Waals surface area contributed by atoms with Crippen molar-refractivity contribution in [2.45, 2.75) is 25.9 Å². The van der Waals surface area contributed by atoms with Gasteiger partial charge in [0.1, 0.15) is 0 Å². The van der Waals surface area contributed by atoms with Crippen LogP contribution in [0.4, 0.5) is 4.79 Å². The fourth-order valence-corrected chi connectivity index (χ4v) is 2.81. The van der Waals surface area contributed by atoms with Crippen molar-refractivity contribution in [1.82, 2.24) is 4.90 Å². The average molecular weight is 284 g/mol. The molecule has 1 aliphatic heterocycles. The summed E-state index contributed by atoms with van der Waals surface area (Å²) in [6.07, 6.45) is 0.0328. The van der Waals surface area contributed by atoms with Crippen molar-refractivity contribution in [1.29, 1.82) is 0 Å². The molecular weight excluding hydrogens is 266 g/mol. The van der Waals surface area contributed by atoms with Gasteiger partial charge in [-0.25, -0.2) is 4.79 Å². The van der Waals surface area contributed by atoms with Gasteiger partial charge in [-0.15, -0.1) is 0 Å². The van der Waals surface area contributed by atoms with E-state index in [4.69, 9.17) is 16.7 Å². The van der Waals surface area contributed by atoms with Crippen LogP contribution in [0.2, 0.25) is 5.02 Å². The first-order valence-electron chi connectivity index (χ1n) is 6.41. The zero-order chi connectivity index (χ0) is 14.0. The average Bonchev–Trinajstić information content (AvgIpc) is 2.41. The van der Waals surface area contributed by atoms with E-state index in [1.807, 2.05) is 13.0 Å². The molecule has 0 aliphatic carbocycles. The summed E-state index contributed by atoms with van der Waals surface area (Å²) >= 11 is 5.96. The number of carboxylic acid groups (broad SMARTS) is 1. The Hall–Kier alpha value is -1.26. The summed E-state index contributed by atoms with van der Waals surface area (Å²) in [5.41, 5.74) is 1.77. The second kappa shape index (κ2) is 5.80. The first kappa shape index (κ1) is 14.2. The first-order valence-corrected chi connectivity index (χ1v) is 6.79. The molecule has 0 unspecified atom stereocenters. The second-order valence-electron chi connectivity index (χ2n) is 5.08. The molecule has 1 heterocycles. The highest BCUT2D eigenvalue weighted by atomic mass is 35.5. The van der Waals surface area contributed by atoms with Crippen LogP contribution in [-0.4, -0.2) is 34.3 Å². The van der Waals surface area contributed by atoms with E-state index in [1.165, 1.54) is 4.90 Å². The van der Waals surface area contributed by atoms with Gasteiger partial charge in [-0.2, -0.15) is 0 Å². The Bertz CT molecular complexity index is 478. The smallest absolute Gasteiger partial charge is 0.407 e. The summed E-state index contributed by atoms with van der Waals surface area (Å²) in [5.74, 6) is -0.0676. The molecule has 1 aliphatic rings. The minimum atomic E-state index is -0.917. The van der Waals surface area contributed by atoms with Crippen molar-refractivity contribution in [2.75, 3.05) is 13.1 Å². The van der Waals surface area contributed by atoms with Gasteiger partial charge in [-0.3, -0.25) is 0 Å². The van der Waals surface area contributed by atoms with Gasteiger partial charge in [0.15, 0.2) is 0 Å². The van der Waals surface area contributed by atoms with E-state index in [-0.39, 0.29) is 5.92 Å². The van der Waals surface area contributed by atoms with Gasteiger partial charge >= 0.3 is 6.09 Å². The van der Waals surface area contributed by atoms with Crippen LogP contribution in [0.25, 0.3) is 0 Å². The monoisotopic (exact) mass is 283 g/mol. The highest BCUT2D eigenvalue weighted by Gasteiger charge is 2.29. The number of hydrogen-bond acceptors (Lipinski definition) is 2. The molecule has 1 fully saturated rings. The molecule has 4 nitrogen and oxygen atoms in total. The number of piperidine rings is 1. The molecule has 104 valence electrons. The van der Waals surface area contributed by atoms with Gasteiger partial charge in [-0.1, -0.05) is 17.7 Å². The summed E-state index contributed by atoms with van der Waals surface area (Å²) < 4.78 is 0. The standard InChI is InChI=1S/C14H18ClNO3/c1-9-4-5-11(15)7-12(9)13(17)10-3-2-6-16(8-10)14(18)19/h4-5,7,10,13,17H,2-3,6,8H2,1H3,(H,18,19)/t10-,13-/m1/s1. The summed E-state index contributed by atoms with van der Waals surface area (Å²) in [7, 11) is 0. The molecule has 0 radical (unpaired) electrons. The minimum absolute atomic E-state index is 0.0676. The summed E-state index contributed by atoms with van der Waals surface area (Å²) in [5, 5.41) is 20.1. The van der Waals surface area contributed by atoms with E-state index in [0.29, 0.717) is 18.1 Å². The van der Waals surface area contributed by atoms with Gasteiger partial charge in [0.2, 0.25) is 0 Å². The van der Waals surface area contributed by atoms with Gasteiger partial charge in [0.05, 0.1) is 6.10 Å². The summed E-state index contributed by atoms with van der Waals surface area (Å²) in [6.45, 7) is 2.85. The zero-order valence-electron chi connectivity index (χ0n) is 10.8. The normalized spacial score (nSPS) is 21.2. The molecule has 2 rings (SSSR count). The Balaban J connectivity index is 2.16. The fourth-order valence-electron chi connectivity index (χ4n) is 2.63. The third-order valence-electron chi connectivity index (χ3n) is 3.73. The van der Waals surface area contributed by atoms with E-state index in [9.17, 15) is 9.90 Å². The number of carbonyl (C=O) groups is 1. The van der Waals surface area contributed by atoms with Crippen molar-refractivity contribution in [3.05, 3.63) is 34.3 Å². The molecule has 0 bridgehead atoms. The van der Waals surface area contributed by atoms with Gasteiger partial charge in [0.25, 0.3) is 0 Å². The topological polar surface area (TPSA) is 60.8 Å². The first-order chi connectivity index (χ1) is 8.99. The van der Waals surface area contributed by atoms with Crippen molar-refractivity contribution >= 4 is 17.7 Å². The zero-order valence-corrected chi connectivity index (χ0v) is 11.6. The van der Waals surface area contributed by atoms with Gasteiger partial charge in [-0.05, 0) is 43.0 Å². The second-order valence-corrected chi connectivity index (χ2v) is 5.51. The van der Waals surface area contributed by atoms with Crippen molar-refractivity contribution < 1.29 is 15.0 Å². The molecule has 0 saturated carbocycles. The van der Waals surface area contributed by atoms with Gasteiger partial charge < -0.3 is 15.1 Å². The van der Waals surface area contributed by atoms with Crippen LogP contribution in [0.15, 0.2) is 18.2 Å². The van der Waals surface area contributed by atoms with Crippen LogP contribution in [-0.2, 0) is 0 Å². The molecule has 2 N–H and O–H groups in total. The fraction of sp³-hybridized carbons (Fsp3) is 0.500. The van der Waals surface area contributed by atoms with Crippen molar-refractivity contribution in [3.8, 4) is 0 Å². The van der Waals surface area contributed by atoms with E-state index in [0.717, 1.165) is 24.0 Å². The number of nitrogens with zero attached hydrogens (tertiary/aromatic N) is 1. The Kier molecular flexibility index (Phi) is 4.32. The molecule has 2 atom stereocenters. The maximum atomic E-state index is 11.0. The Morgan fingerprint density at radius 1 is 1.53 bits per heavy atom. The Labute approximate surface area is 117 Å². The van der Waals surface area contributed by atoms with E-state index < -0.39 is 12.2 Å². The number of aliphatic hydroxyl groups excluding tert-OH is 1. The van der Waals surface area contributed by atoms with Crippen LogP contribution in [0.3, 0.4) is 0 Å². The quantitative estimate of drug-likeness (QED) is 0.877. The van der Waals surface area contributed by atoms with Crippen LogP contribution in [0.1, 0.15) is 30.1 Å². The maximum Gasteiger partial charge on any atom is 0.407 e. The predicted molar refractivity (Wildman–Crippen MR) is 73.5 cm³/mol. The minimum Gasteiger partial charge on any atom is -0.465 e. The molecular formula is C14H18ClNO3.